The largest absolute Gasteiger partial charge is 0.378 e. The number of rotatable bonds is 3. The predicted molar refractivity (Wildman–Crippen MR) is 89.4 cm³/mol. The van der Waals surface area contributed by atoms with Gasteiger partial charge in [0.1, 0.15) is 0 Å². The molecule has 3 saturated heterocycles. The molecular weight excluding hydrogens is 294 g/mol. The Kier molecular flexibility index (Phi) is 4.43. The van der Waals surface area contributed by atoms with Gasteiger partial charge in [-0.2, -0.15) is 15.0 Å². The van der Waals surface area contributed by atoms with Crippen molar-refractivity contribution in [3.63, 3.8) is 0 Å². The number of nitrogens with one attached hydrogen (secondary N) is 1. The first-order chi connectivity index (χ1) is 11.4. The number of anilines is 3. The summed E-state index contributed by atoms with van der Waals surface area (Å²) in [6.07, 6.45) is 2.45. The maximum absolute atomic E-state index is 5.46. The molecule has 0 radical (unpaired) electrons. The molecule has 1 aromatic rings. The highest BCUT2D eigenvalue weighted by Crippen LogP contribution is 2.22. The van der Waals surface area contributed by atoms with E-state index in [0.717, 1.165) is 83.4 Å². The lowest BCUT2D eigenvalue weighted by Crippen LogP contribution is -2.45. The summed E-state index contributed by atoms with van der Waals surface area (Å²) in [6, 6.07) is 0. The summed E-state index contributed by atoms with van der Waals surface area (Å²) in [5.74, 6) is 2.47. The number of hydrogen-bond acceptors (Lipinski definition) is 8. The zero-order valence-electron chi connectivity index (χ0n) is 13.6. The molecule has 0 spiro atoms. The first-order valence-corrected chi connectivity index (χ1v) is 8.69. The van der Waals surface area contributed by atoms with Crippen molar-refractivity contribution >= 4 is 17.8 Å². The van der Waals surface area contributed by atoms with Crippen molar-refractivity contribution in [1.82, 2.24) is 20.3 Å². The van der Waals surface area contributed by atoms with Gasteiger partial charge >= 0.3 is 0 Å². The van der Waals surface area contributed by atoms with Crippen LogP contribution in [0.25, 0.3) is 0 Å². The third kappa shape index (κ3) is 3.32. The van der Waals surface area contributed by atoms with Crippen molar-refractivity contribution in [3.8, 4) is 0 Å². The highest BCUT2D eigenvalue weighted by Gasteiger charge is 2.23. The second-order valence-corrected chi connectivity index (χ2v) is 6.27. The zero-order valence-corrected chi connectivity index (χ0v) is 13.6. The first-order valence-electron chi connectivity index (χ1n) is 8.69. The Hall–Kier alpha value is -1.67. The van der Waals surface area contributed by atoms with Crippen LogP contribution in [-0.2, 0) is 4.74 Å². The third-order valence-corrected chi connectivity index (χ3v) is 4.68. The molecule has 126 valence electrons. The molecule has 0 saturated carbocycles. The lowest BCUT2D eigenvalue weighted by atomic mass is 10.4. The Morgan fingerprint density at radius 1 is 0.652 bits per heavy atom. The quantitative estimate of drug-likeness (QED) is 0.816. The molecule has 3 aliphatic heterocycles. The van der Waals surface area contributed by atoms with Crippen LogP contribution in [0.15, 0.2) is 0 Å². The van der Waals surface area contributed by atoms with Gasteiger partial charge in [0, 0.05) is 52.4 Å². The Bertz CT molecular complexity index is 486. The van der Waals surface area contributed by atoms with E-state index in [1.165, 1.54) is 12.8 Å². The van der Waals surface area contributed by atoms with E-state index < -0.39 is 0 Å². The second kappa shape index (κ2) is 6.84. The minimum atomic E-state index is 0.744. The lowest BCUT2D eigenvalue weighted by molar-refractivity contribution is 0.122. The molecule has 3 aliphatic rings. The van der Waals surface area contributed by atoms with E-state index in [0.29, 0.717) is 0 Å². The highest BCUT2D eigenvalue weighted by molar-refractivity contribution is 5.47. The van der Waals surface area contributed by atoms with Gasteiger partial charge in [0.25, 0.3) is 0 Å². The number of nitrogens with zero attached hydrogens (tertiary/aromatic N) is 6. The van der Waals surface area contributed by atoms with Crippen molar-refractivity contribution in [1.29, 1.82) is 0 Å². The summed E-state index contributed by atoms with van der Waals surface area (Å²) in [5.41, 5.74) is 0. The molecule has 4 heterocycles. The SMILES string of the molecule is C1CCN(c2nc(N3CCNCC3)nc(N3CCOCC3)n2)C1. The van der Waals surface area contributed by atoms with Crippen LogP contribution in [0.2, 0.25) is 0 Å². The Morgan fingerprint density at radius 2 is 1.13 bits per heavy atom. The summed E-state index contributed by atoms with van der Waals surface area (Å²) < 4.78 is 5.46. The predicted octanol–water partition coefficient (Wildman–Crippen LogP) is -0.282. The van der Waals surface area contributed by atoms with Crippen molar-refractivity contribution in [2.75, 3.05) is 80.3 Å². The van der Waals surface area contributed by atoms with Gasteiger partial charge in [-0.3, -0.25) is 0 Å². The maximum atomic E-state index is 5.46. The van der Waals surface area contributed by atoms with Gasteiger partial charge in [0.2, 0.25) is 17.8 Å². The van der Waals surface area contributed by atoms with Crippen LogP contribution in [0.5, 0.6) is 0 Å². The fraction of sp³-hybridized carbons (Fsp3) is 0.800. The molecule has 8 nitrogen and oxygen atoms in total. The number of aromatic nitrogens is 3. The van der Waals surface area contributed by atoms with Crippen LogP contribution in [0, 0.1) is 0 Å². The van der Waals surface area contributed by atoms with Gasteiger partial charge in [-0.1, -0.05) is 0 Å². The van der Waals surface area contributed by atoms with E-state index in [4.69, 9.17) is 19.7 Å². The molecule has 0 unspecified atom stereocenters. The van der Waals surface area contributed by atoms with Crippen LogP contribution in [0.4, 0.5) is 17.8 Å². The molecule has 0 aromatic carbocycles. The summed E-state index contributed by atoms with van der Waals surface area (Å²) >= 11 is 0. The molecule has 0 aliphatic carbocycles. The highest BCUT2D eigenvalue weighted by atomic mass is 16.5. The zero-order chi connectivity index (χ0) is 15.5. The second-order valence-electron chi connectivity index (χ2n) is 6.27. The first kappa shape index (κ1) is 14.9. The van der Waals surface area contributed by atoms with E-state index in [9.17, 15) is 0 Å². The standard InChI is InChI=1S/C15H25N7O/c1-2-6-20(5-1)13-17-14(21-7-3-16-4-8-21)19-15(18-13)22-9-11-23-12-10-22/h16H,1-12H2. The molecule has 23 heavy (non-hydrogen) atoms. The van der Waals surface area contributed by atoms with Gasteiger partial charge in [0.05, 0.1) is 13.2 Å². The molecular formula is C15H25N7O. The number of ether oxygens (including phenoxy) is 1. The summed E-state index contributed by atoms with van der Waals surface area (Å²) in [4.78, 5) is 21.1. The van der Waals surface area contributed by atoms with E-state index in [2.05, 4.69) is 20.0 Å². The summed E-state index contributed by atoms with van der Waals surface area (Å²) in [5, 5.41) is 3.38. The van der Waals surface area contributed by atoms with Gasteiger partial charge in [-0.15, -0.1) is 0 Å². The monoisotopic (exact) mass is 319 g/mol. The molecule has 4 rings (SSSR count). The summed E-state index contributed by atoms with van der Waals surface area (Å²) in [6.45, 7) is 9.16. The van der Waals surface area contributed by atoms with E-state index in [-0.39, 0.29) is 0 Å². The minimum absolute atomic E-state index is 0.744. The van der Waals surface area contributed by atoms with Gasteiger partial charge in [-0.25, -0.2) is 0 Å². The smallest absolute Gasteiger partial charge is 0.232 e. The normalized spacial score (nSPS) is 22.7. The lowest BCUT2D eigenvalue weighted by Gasteiger charge is -2.31. The Morgan fingerprint density at radius 3 is 1.70 bits per heavy atom. The van der Waals surface area contributed by atoms with Gasteiger partial charge in [-0.05, 0) is 12.8 Å². The van der Waals surface area contributed by atoms with Crippen molar-refractivity contribution in [2.24, 2.45) is 0 Å². The van der Waals surface area contributed by atoms with Crippen molar-refractivity contribution in [3.05, 3.63) is 0 Å². The molecule has 3 fully saturated rings. The van der Waals surface area contributed by atoms with Gasteiger partial charge < -0.3 is 24.8 Å². The van der Waals surface area contributed by atoms with Gasteiger partial charge in [0.15, 0.2) is 0 Å². The van der Waals surface area contributed by atoms with Crippen LogP contribution in [0.3, 0.4) is 0 Å². The van der Waals surface area contributed by atoms with Crippen molar-refractivity contribution < 1.29 is 4.74 Å². The summed E-state index contributed by atoms with van der Waals surface area (Å²) in [7, 11) is 0. The van der Waals surface area contributed by atoms with Crippen LogP contribution >= 0.6 is 0 Å². The fourth-order valence-corrected chi connectivity index (χ4v) is 3.31. The van der Waals surface area contributed by atoms with E-state index >= 15 is 0 Å². The van der Waals surface area contributed by atoms with Crippen LogP contribution in [0.1, 0.15) is 12.8 Å². The number of hydrogen-bond donors (Lipinski definition) is 1. The minimum Gasteiger partial charge on any atom is -0.378 e. The van der Waals surface area contributed by atoms with E-state index in [1.54, 1.807) is 0 Å². The number of morpholine rings is 1. The average molecular weight is 319 g/mol. The Labute approximate surface area is 136 Å². The Balaban J connectivity index is 1.64. The number of piperazine rings is 1. The molecule has 1 N–H and O–H groups in total. The van der Waals surface area contributed by atoms with Crippen LogP contribution < -0.4 is 20.0 Å². The maximum Gasteiger partial charge on any atom is 0.232 e. The molecule has 8 heteroatoms. The van der Waals surface area contributed by atoms with Crippen molar-refractivity contribution in [2.45, 2.75) is 12.8 Å². The van der Waals surface area contributed by atoms with Crippen LogP contribution in [-0.4, -0.2) is 80.5 Å². The topological polar surface area (TPSA) is 69.7 Å². The molecule has 1 aromatic heterocycles. The molecule has 0 amide bonds. The molecule has 0 bridgehead atoms. The van der Waals surface area contributed by atoms with E-state index in [1.807, 2.05) is 0 Å². The third-order valence-electron chi connectivity index (χ3n) is 4.68. The average Bonchev–Trinajstić information content (AvgIpc) is 3.18. The fourth-order valence-electron chi connectivity index (χ4n) is 3.31. The molecule has 0 atom stereocenters.